The number of imidazole rings is 1. The minimum absolute atomic E-state index is 0.101. The lowest BCUT2D eigenvalue weighted by Gasteiger charge is -2.49. The maximum Gasteiger partial charge on any atom is 0.328 e. The molecule has 2 unspecified atom stereocenters. The second kappa shape index (κ2) is 11.1. The zero-order chi connectivity index (χ0) is 26.8. The second-order valence-corrected chi connectivity index (χ2v) is 11.4. The van der Waals surface area contributed by atoms with E-state index in [0.29, 0.717) is 36.0 Å². The molecule has 8 nitrogen and oxygen atoms in total. The Hall–Kier alpha value is -3.55. The Bertz CT molecular complexity index is 1400. The van der Waals surface area contributed by atoms with E-state index in [2.05, 4.69) is 89.2 Å². The van der Waals surface area contributed by atoms with Gasteiger partial charge < -0.3 is 0 Å². The number of nitrogens with zero attached hydrogens (tertiary/aromatic N) is 6. The third-order valence-electron chi connectivity index (χ3n) is 8.28. The number of benzene rings is 1. The molecule has 0 saturated heterocycles. The SMILES string of the molecule is CCCCc1cn(C2C(C(C)C)CC2C(C)C)c(=O)n1Cc1cc(-c2cccc(-c3nnn[nH]3)c2)ccn1. The van der Waals surface area contributed by atoms with Gasteiger partial charge in [-0.1, -0.05) is 59.2 Å². The van der Waals surface area contributed by atoms with E-state index in [1.54, 1.807) is 0 Å². The lowest BCUT2D eigenvalue weighted by atomic mass is 9.61. The first-order chi connectivity index (χ1) is 18.4. The number of hydrogen-bond donors (Lipinski definition) is 1. The third-order valence-corrected chi connectivity index (χ3v) is 8.28. The van der Waals surface area contributed by atoms with Gasteiger partial charge in [-0.25, -0.2) is 9.89 Å². The average molecular weight is 514 g/mol. The molecule has 1 fully saturated rings. The number of tetrazole rings is 1. The number of aromatic nitrogens is 7. The molecule has 0 amide bonds. The van der Waals surface area contributed by atoms with E-state index < -0.39 is 0 Å². The van der Waals surface area contributed by atoms with Crippen molar-refractivity contribution in [1.82, 2.24) is 34.7 Å². The van der Waals surface area contributed by atoms with Gasteiger partial charge in [0.2, 0.25) is 0 Å². The molecule has 4 aromatic rings. The van der Waals surface area contributed by atoms with Crippen molar-refractivity contribution in [2.45, 2.75) is 72.9 Å². The zero-order valence-corrected chi connectivity index (χ0v) is 23.1. The molecule has 3 aromatic heterocycles. The number of nitrogens with one attached hydrogen (secondary N) is 1. The Balaban J connectivity index is 1.48. The highest BCUT2D eigenvalue weighted by Gasteiger charge is 2.45. The topological polar surface area (TPSA) is 94.3 Å². The number of hydrogen-bond acceptors (Lipinski definition) is 5. The highest BCUT2D eigenvalue weighted by atomic mass is 16.1. The van der Waals surface area contributed by atoms with Crippen molar-refractivity contribution in [2.75, 3.05) is 0 Å². The van der Waals surface area contributed by atoms with Crippen LogP contribution >= 0.6 is 0 Å². The quantitative estimate of drug-likeness (QED) is 0.290. The van der Waals surface area contributed by atoms with Gasteiger partial charge in [0.1, 0.15) is 0 Å². The third kappa shape index (κ3) is 5.08. The molecule has 38 heavy (non-hydrogen) atoms. The lowest BCUT2D eigenvalue weighted by molar-refractivity contribution is 0.0119. The van der Waals surface area contributed by atoms with E-state index in [9.17, 15) is 4.79 Å². The van der Waals surface area contributed by atoms with Gasteiger partial charge >= 0.3 is 5.69 Å². The summed E-state index contributed by atoms with van der Waals surface area (Å²) >= 11 is 0. The normalized spacial score (nSPS) is 19.3. The van der Waals surface area contributed by atoms with Crippen LogP contribution in [0.25, 0.3) is 22.5 Å². The molecule has 0 spiro atoms. The summed E-state index contributed by atoms with van der Waals surface area (Å²) in [6.45, 7) is 11.8. The summed E-state index contributed by atoms with van der Waals surface area (Å²) in [6, 6.07) is 12.5. The fourth-order valence-corrected chi connectivity index (χ4v) is 5.98. The average Bonchev–Trinajstić information content (AvgIpc) is 3.52. The summed E-state index contributed by atoms with van der Waals surface area (Å²) in [5.74, 6) is 2.84. The summed E-state index contributed by atoms with van der Waals surface area (Å²) in [7, 11) is 0. The van der Waals surface area contributed by atoms with Crippen LogP contribution in [0.15, 0.2) is 53.6 Å². The molecular formula is C30H39N7O. The van der Waals surface area contributed by atoms with Crippen molar-refractivity contribution < 1.29 is 0 Å². The van der Waals surface area contributed by atoms with Gasteiger partial charge in [0, 0.05) is 29.7 Å². The molecule has 1 N–H and O–H groups in total. The fraction of sp³-hybridized carbons (Fsp3) is 0.500. The van der Waals surface area contributed by atoms with Crippen LogP contribution in [0.3, 0.4) is 0 Å². The van der Waals surface area contributed by atoms with Crippen molar-refractivity contribution in [3.8, 4) is 22.5 Å². The van der Waals surface area contributed by atoms with Crippen molar-refractivity contribution in [2.24, 2.45) is 23.7 Å². The second-order valence-electron chi connectivity index (χ2n) is 11.4. The Kier molecular flexibility index (Phi) is 7.58. The molecule has 1 aliphatic carbocycles. The number of aryl methyl sites for hydroxylation is 1. The Labute approximate surface area is 224 Å². The maximum absolute atomic E-state index is 13.9. The minimum atomic E-state index is 0.101. The van der Waals surface area contributed by atoms with Crippen LogP contribution in [0, 0.1) is 23.7 Å². The van der Waals surface area contributed by atoms with Crippen LogP contribution in [-0.2, 0) is 13.0 Å². The first-order valence-corrected chi connectivity index (χ1v) is 14.0. The predicted octanol–water partition coefficient (Wildman–Crippen LogP) is 5.77. The number of H-pyrrole nitrogens is 1. The Morgan fingerprint density at radius 1 is 1.03 bits per heavy atom. The van der Waals surface area contributed by atoms with Crippen molar-refractivity contribution in [1.29, 1.82) is 0 Å². The molecule has 3 heterocycles. The lowest BCUT2D eigenvalue weighted by Crippen LogP contribution is -2.47. The Morgan fingerprint density at radius 2 is 1.76 bits per heavy atom. The van der Waals surface area contributed by atoms with Gasteiger partial charge in [-0.05, 0) is 82.7 Å². The zero-order valence-electron chi connectivity index (χ0n) is 23.1. The maximum atomic E-state index is 13.9. The predicted molar refractivity (Wildman–Crippen MR) is 150 cm³/mol. The smallest absolute Gasteiger partial charge is 0.295 e. The molecule has 0 aliphatic heterocycles. The number of pyridine rings is 1. The van der Waals surface area contributed by atoms with Crippen LogP contribution in [0.4, 0.5) is 0 Å². The van der Waals surface area contributed by atoms with E-state index in [1.807, 2.05) is 29.0 Å². The Morgan fingerprint density at radius 3 is 2.45 bits per heavy atom. The van der Waals surface area contributed by atoms with Crippen molar-refractivity contribution >= 4 is 0 Å². The van der Waals surface area contributed by atoms with Gasteiger partial charge in [0.15, 0.2) is 5.82 Å². The van der Waals surface area contributed by atoms with Crippen LogP contribution in [0.5, 0.6) is 0 Å². The summed E-state index contributed by atoms with van der Waals surface area (Å²) < 4.78 is 4.04. The van der Waals surface area contributed by atoms with Gasteiger partial charge in [0.25, 0.3) is 0 Å². The molecule has 1 aromatic carbocycles. The van der Waals surface area contributed by atoms with Gasteiger partial charge in [-0.3, -0.25) is 14.1 Å². The molecule has 1 saturated carbocycles. The molecular weight excluding hydrogens is 474 g/mol. The molecule has 1 aliphatic rings. The van der Waals surface area contributed by atoms with Gasteiger partial charge in [-0.2, -0.15) is 0 Å². The number of unbranched alkanes of at least 4 members (excludes halogenated alkanes) is 1. The van der Waals surface area contributed by atoms with Crippen molar-refractivity contribution in [3.63, 3.8) is 0 Å². The first kappa shape index (κ1) is 26.1. The molecule has 5 rings (SSSR count). The monoisotopic (exact) mass is 513 g/mol. The van der Waals surface area contributed by atoms with Crippen LogP contribution < -0.4 is 5.69 Å². The van der Waals surface area contributed by atoms with E-state index >= 15 is 0 Å². The largest absolute Gasteiger partial charge is 0.328 e. The molecule has 0 radical (unpaired) electrons. The van der Waals surface area contributed by atoms with E-state index in [4.69, 9.17) is 0 Å². The molecule has 2 atom stereocenters. The summed E-state index contributed by atoms with van der Waals surface area (Å²) in [5.41, 5.74) is 5.10. The number of aromatic amines is 1. The molecule has 8 heteroatoms. The number of rotatable bonds is 10. The van der Waals surface area contributed by atoms with Crippen LogP contribution in [0.2, 0.25) is 0 Å². The van der Waals surface area contributed by atoms with Crippen LogP contribution in [-0.4, -0.2) is 34.7 Å². The van der Waals surface area contributed by atoms with Gasteiger partial charge in [-0.15, -0.1) is 5.10 Å². The van der Waals surface area contributed by atoms with E-state index in [0.717, 1.165) is 47.3 Å². The summed E-state index contributed by atoms with van der Waals surface area (Å²) in [6.07, 6.45) is 8.25. The van der Waals surface area contributed by atoms with E-state index in [-0.39, 0.29) is 11.7 Å². The van der Waals surface area contributed by atoms with Crippen LogP contribution in [0.1, 0.15) is 71.3 Å². The highest BCUT2D eigenvalue weighted by Crippen LogP contribution is 2.51. The molecule has 200 valence electrons. The van der Waals surface area contributed by atoms with Crippen molar-refractivity contribution in [3.05, 3.63) is 70.7 Å². The highest BCUT2D eigenvalue weighted by molar-refractivity contribution is 5.70. The summed E-state index contributed by atoms with van der Waals surface area (Å²) in [5, 5.41) is 14.2. The standard InChI is InChI=1S/C30H39N7O/c1-6-7-11-25-18-37(28-26(19(2)3)16-27(28)20(4)5)30(38)36(25)17-24-15-22(12-13-31-24)21-9-8-10-23(14-21)29-32-34-35-33-29/h8-10,12-15,18-20,26-28H,6-7,11,16-17H2,1-5H3,(H,32,33,34,35). The first-order valence-electron chi connectivity index (χ1n) is 14.0. The fourth-order valence-electron chi connectivity index (χ4n) is 5.98. The van der Waals surface area contributed by atoms with E-state index in [1.165, 1.54) is 6.42 Å². The van der Waals surface area contributed by atoms with Gasteiger partial charge in [0.05, 0.1) is 12.2 Å². The molecule has 0 bridgehead atoms. The summed E-state index contributed by atoms with van der Waals surface area (Å²) in [4.78, 5) is 18.6. The minimum Gasteiger partial charge on any atom is -0.295 e.